The maximum Gasteiger partial charge on any atom is 0.234 e. The van der Waals surface area contributed by atoms with Crippen molar-refractivity contribution < 1.29 is 19.1 Å². The van der Waals surface area contributed by atoms with Crippen LogP contribution in [0.25, 0.3) is 0 Å². The lowest BCUT2D eigenvalue weighted by molar-refractivity contribution is -0.122. The van der Waals surface area contributed by atoms with Gasteiger partial charge in [-0.15, -0.1) is 0 Å². The summed E-state index contributed by atoms with van der Waals surface area (Å²) in [5.74, 6) is 1.52. The molecule has 0 radical (unpaired) electrons. The number of carbonyl (C=O) groups excluding carboxylic acids is 2. The Morgan fingerprint density at radius 2 is 1.84 bits per heavy atom. The van der Waals surface area contributed by atoms with E-state index >= 15 is 0 Å². The summed E-state index contributed by atoms with van der Waals surface area (Å²) in [6.45, 7) is 2.86. The van der Waals surface area contributed by atoms with E-state index in [1.807, 2.05) is 48.5 Å². The number of methoxy groups -OCH3 is 1. The highest BCUT2D eigenvalue weighted by atomic mass is 16.5. The first-order chi connectivity index (χ1) is 18.6. The Labute approximate surface area is 225 Å². The number of nitrogens with one attached hydrogen (secondary N) is 2. The van der Waals surface area contributed by atoms with E-state index in [0.717, 1.165) is 41.7 Å². The fourth-order valence-electron chi connectivity index (χ4n) is 4.56. The Morgan fingerprint density at radius 3 is 2.68 bits per heavy atom. The third-order valence-electron chi connectivity index (χ3n) is 6.53. The molecule has 3 aromatic carbocycles. The standard InChI is InChI=1S/C31H37N3O4/c1-37-28-12-8-11-27(20-28)33-30(35)16-14-24-13-15-29-26(19-24)22-34(21-25-9-4-2-5-10-25)23-31(36)32-17-6-3-7-18-38-29/h2,4-5,8-13,15,19-20H,3,6-7,14,16-18,21-23H2,1H3,(H,32,36)(H,33,35). The highest BCUT2D eigenvalue weighted by Gasteiger charge is 2.16. The second-order valence-corrected chi connectivity index (χ2v) is 9.61. The maximum absolute atomic E-state index is 12.7. The van der Waals surface area contributed by atoms with E-state index in [9.17, 15) is 9.59 Å². The number of aryl methyl sites for hydroxylation is 1. The zero-order valence-corrected chi connectivity index (χ0v) is 22.1. The van der Waals surface area contributed by atoms with E-state index in [1.165, 1.54) is 0 Å². The molecule has 7 nitrogen and oxygen atoms in total. The van der Waals surface area contributed by atoms with Gasteiger partial charge in [-0.25, -0.2) is 0 Å². The molecule has 0 saturated carbocycles. The van der Waals surface area contributed by atoms with Crippen molar-refractivity contribution in [3.8, 4) is 11.5 Å². The first-order valence-electron chi connectivity index (χ1n) is 13.3. The van der Waals surface area contributed by atoms with Crippen LogP contribution in [0.15, 0.2) is 72.8 Å². The SMILES string of the molecule is COc1cccc(NC(=O)CCc2ccc3c(c2)CN(Cc2ccccc2)CC(=O)NCCCCCO3)c1. The van der Waals surface area contributed by atoms with Gasteiger partial charge in [-0.05, 0) is 55.0 Å². The number of rotatable bonds is 7. The van der Waals surface area contributed by atoms with Gasteiger partial charge < -0.3 is 20.1 Å². The molecule has 3 aromatic rings. The number of hydrogen-bond donors (Lipinski definition) is 2. The molecule has 0 aliphatic carbocycles. The lowest BCUT2D eigenvalue weighted by Gasteiger charge is -2.24. The second-order valence-electron chi connectivity index (χ2n) is 9.61. The normalized spacial score (nSPS) is 15.0. The second kappa shape index (κ2) is 14.2. The first kappa shape index (κ1) is 27.2. The zero-order valence-electron chi connectivity index (χ0n) is 22.1. The van der Waals surface area contributed by atoms with Crippen molar-refractivity contribution in [3.63, 3.8) is 0 Å². The molecular weight excluding hydrogens is 478 g/mol. The van der Waals surface area contributed by atoms with Crippen LogP contribution in [0.5, 0.6) is 11.5 Å². The summed E-state index contributed by atoms with van der Waals surface area (Å²) in [7, 11) is 1.60. The van der Waals surface area contributed by atoms with Crippen LogP contribution in [-0.4, -0.2) is 43.5 Å². The monoisotopic (exact) mass is 515 g/mol. The molecule has 2 N–H and O–H groups in total. The third kappa shape index (κ3) is 8.63. The van der Waals surface area contributed by atoms with Crippen LogP contribution in [-0.2, 0) is 29.1 Å². The average molecular weight is 516 g/mol. The number of ether oxygens (including phenoxy) is 2. The van der Waals surface area contributed by atoms with Crippen LogP contribution < -0.4 is 20.1 Å². The number of nitrogens with zero attached hydrogens (tertiary/aromatic N) is 1. The lowest BCUT2D eigenvalue weighted by atomic mass is 10.0. The van der Waals surface area contributed by atoms with Crippen molar-refractivity contribution in [2.75, 3.05) is 32.1 Å². The molecule has 0 spiro atoms. The van der Waals surface area contributed by atoms with Crippen LogP contribution >= 0.6 is 0 Å². The maximum atomic E-state index is 12.7. The topological polar surface area (TPSA) is 79.9 Å². The molecule has 1 heterocycles. The fraction of sp³-hybridized carbons (Fsp3) is 0.355. The van der Waals surface area contributed by atoms with Gasteiger partial charge in [0.2, 0.25) is 11.8 Å². The Balaban J connectivity index is 1.48. The highest BCUT2D eigenvalue weighted by Crippen LogP contribution is 2.25. The third-order valence-corrected chi connectivity index (χ3v) is 6.53. The van der Waals surface area contributed by atoms with Crippen molar-refractivity contribution in [2.24, 2.45) is 0 Å². The molecule has 1 aliphatic rings. The van der Waals surface area contributed by atoms with E-state index in [-0.39, 0.29) is 11.8 Å². The molecule has 2 amide bonds. The number of fused-ring (bicyclic) bond motifs is 1. The van der Waals surface area contributed by atoms with Gasteiger partial charge in [-0.1, -0.05) is 48.5 Å². The Hall–Kier alpha value is -3.84. The van der Waals surface area contributed by atoms with Crippen molar-refractivity contribution in [3.05, 3.63) is 89.5 Å². The van der Waals surface area contributed by atoms with E-state index in [1.54, 1.807) is 13.2 Å². The van der Waals surface area contributed by atoms with Crippen LogP contribution in [0.1, 0.15) is 42.4 Å². The highest BCUT2D eigenvalue weighted by molar-refractivity contribution is 5.91. The Morgan fingerprint density at radius 1 is 0.974 bits per heavy atom. The summed E-state index contributed by atoms with van der Waals surface area (Å²) in [6, 6.07) is 23.7. The molecule has 1 aliphatic heterocycles. The summed E-state index contributed by atoms with van der Waals surface area (Å²) in [5.41, 5.74) is 3.95. The Bertz CT molecular complexity index is 1200. The van der Waals surface area contributed by atoms with E-state index < -0.39 is 0 Å². The minimum absolute atomic E-state index is 0.0352. The number of carbonyl (C=O) groups is 2. The van der Waals surface area contributed by atoms with Gasteiger partial charge in [0, 0.05) is 43.4 Å². The summed E-state index contributed by atoms with van der Waals surface area (Å²) in [6.07, 6.45) is 3.84. The number of hydrogen-bond acceptors (Lipinski definition) is 5. The van der Waals surface area contributed by atoms with Crippen molar-refractivity contribution >= 4 is 17.5 Å². The quantitative estimate of drug-likeness (QED) is 0.466. The summed E-state index contributed by atoms with van der Waals surface area (Å²) in [5, 5.41) is 6.00. The van der Waals surface area contributed by atoms with Gasteiger partial charge in [-0.3, -0.25) is 14.5 Å². The van der Waals surface area contributed by atoms with Crippen molar-refractivity contribution in [1.29, 1.82) is 0 Å². The summed E-state index contributed by atoms with van der Waals surface area (Å²) >= 11 is 0. The molecule has 0 unspecified atom stereocenters. The Kier molecular flexibility index (Phi) is 10.2. The van der Waals surface area contributed by atoms with Crippen LogP contribution in [0.3, 0.4) is 0 Å². The minimum Gasteiger partial charge on any atom is -0.497 e. The molecule has 7 heteroatoms. The van der Waals surface area contributed by atoms with Gasteiger partial charge in [0.15, 0.2) is 0 Å². The van der Waals surface area contributed by atoms with Gasteiger partial charge in [0.25, 0.3) is 0 Å². The molecule has 0 bridgehead atoms. The molecule has 0 aromatic heterocycles. The predicted octanol–water partition coefficient (Wildman–Crippen LogP) is 4.95. The molecule has 200 valence electrons. The van der Waals surface area contributed by atoms with E-state index in [4.69, 9.17) is 9.47 Å². The van der Waals surface area contributed by atoms with E-state index in [0.29, 0.717) is 57.1 Å². The minimum atomic E-state index is -0.0547. The smallest absolute Gasteiger partial charge is 0.234 e. The van der Waals surface area contributed by atoms with Crippen LogP contribution in [0, 0.1) is 0 Å². The molecule has 0 saturated heterocycles. The van der Waals surface area contributed by atoms with Gasteiger partial charge in [0.05, 0.1) is 20.3 Å². The molecule has 38 heavy (non-hydrogen) atoms. The first-order valence-corrected chi connectivity index (χ1v) is 13.3. The van der Waals surface area contributed by atoms with Gasteiger partial charge >= 0.3 is 0 Å². The van der Waals surface area contributed by atoms with E-state index in [2.05, 4.69) is 33.7 Å². The van der Waals surface area contributed by atoms with Crippen molar-refractivity contribution in [1.82, 2.24) is 10.2 Å². The number of anilines is 1. The number of amides is 2. The lowest BCUT2D eigenvalue weighted by Crippen LogP contribution is -2.37. The van der Waals surface area contributed by atoms with Crippen molar-refractivity contribution in [2.45, 2.75) is 45.2 Å². The van der Waals surface area contributed by atoms with Crippen LogP contribution in [0.2, 0.25) is 0 Å². The largest absolute Gasteiger partial charge is 0.497 e. The predicted molar refractivity (Wildman–Crippen MR) is 149 cm³/mol. The van der Waals surface area contributed by atoms with Crippen LogP contribution in [0.4, 0.5) is 5.69 Å². The molecule has 0 atom stereocenters. The molecule has 0 fully saturated rings. The number of benzene rings is 3. The summed E-state index contributed by atoms with van der Waals surface area (Å²) in [4.78, 5) is 27.5. The molecule has 4 rings (SSSR count). The fourth-order valence-corrected chi connectivity index (χ4v) is 4.56. The average Bonchev–Trinajstić information content (AvgIpc) is 2.94. The van der Waals surface area contributed by atoms with Gasteiger partial charge in [-0.2, -0.15) is 0 Å². The summed E-state index contributed by atoms with van der Waals surface area (Å²) < 4.78 is 11.4. The molecular formula is C31H37N3O4. The zero-order chi connectivity index (χ0) is 26.6. The van der Waals surface area contributed by atoms with Gasteiger partial charge in [0.1, 0.15) is 11.5 Å².